The van der Waals surface area contributed by atoms with Crippen LogP contribution in [0, 0.1) is 0 Å². The molecular formula is C20H19N3O5. The number of aromatic nitrogens is 2. The molecule has 0 unspecified atom stereocenters. The van der Waals surface area contributed by atoms with Gasteiger partial charge >= 0.3 is 5.69 Å². The molecule has 0 saturated carbocycles. The Bertz CT molecular complexity index is 1100. The van der Waals surface area contributed by atoms with E-state index in [0.29, 0.717) is 17.2 Å². The minimum atomic E-state index is -0.683. The zero-order chi connectivity index (χ0) is 20.1. The quantitative estimate of drug-likeness (QED) is 0.678. The number of rotatable bonds is 6. The Hall–Kier alpha value is -3.81. The number of hydrogen-bond donors (Lipinski definition) is 2. The summed E-state index contributed by atoms with van der Waals surface area (Å²) in [7, 11) is 2.97. The van der Waals surface area contributed by atoms with Crippen LogP contribution in [0.2, 0.25) is 0 Å². The molecule has 3 aromatic rings. The molecule has 144 valence electrons. The minimum Gasteiger partial charge on any atom is -0.497 e. The highest BCUT2D eigenvalue weighted by molar-refractivity contribution is 6.04. The van der Waals surface area contributed by atoms with Crippen LogP contribution in [0.4, 0.5) is 5.69 Å². The van der Waals surface area contributed by atoms with Gasteiger partial charge in [0.25, 0.3) is 11.5 Å². The lowest BCUT2D eigenvalue weighted by Crippen LogP contribution is -2.39. The van der Waals surface area contributed by atoms with Crippen LogP contribution in [0.3, 0.4) is 0 Å². The van der Waals surface area contributed by atoms with E-state index in [-0.39, 0.29) is 12.1 Å². The van der Waals surface area contributed by atoms with Gasteiger partial charge in [-0.05, 0) is 17.7 Å². The molecule has 8 nitrogen and oxygen atoms in total. The van der Waals surface area contributed by atoms with Crippen LogP contribution < -0.4 is 26.0 Å². The van der Waals surface area contributed by atoms with Crippen molar-refractivity contribution in [3.63, 3.8) is 0 Å². The van der Waals surface area contributed by atoms with E-state index >= 15 is 0 Å². The Balaban J connectivity index is 1.92. The Morgan fingerprint density at radius 2 is 1.82 bits per heavy atom. The molecule has 0 aliphatic carbocycles. The SMILES string of the molecule is COc1ccc(NC(=O)c2c[nH]c(=O)n(Cc3ccccc3)c2=O)c(OC)c1. The molecule has 0 saturated heterocycles. The second kappa shape index (κ2) is 8.26. The van der Waals surface area contributed by atoms with E-state index in [1.807, 2.05) is 6.07 Å². The molecule has 0 bridgehead atoms. The first-order chi connectivity index (χ1) is 13.5. The molecule has 1 amide bonds. The Morgan fingerprint density at radius 3 is 2.50 bits per heavy atom. The molecule has 3 rings (SSSR count). The molecule has 8 heteroatoms. The maximum Gasteiger partial charge on any atom is 0.328 e. The van der Waals surface area contributed by atoms with Crippen LogP contribution >= 0.6 is 0 Å². The van der Waals surface area contributed by atoms with E-state index in [4.69, 9.17) is 9.47 Å². The largest absolute Gasteiger partial charge is 0.497 e. The second-order valence-corrected chi connectivity index (χ2v) is 5.90. The number of nitrogens with one attached hydrogen (secondary N) is 2. The molecular weight excluding hydrogens is 362 g/mol. The van der Waals surface area contributed by atoms with Gasteiger partial charge in [0, 0.05) is 12.3 Å². The van der Waals surface area contributed by atoms with Crippen molar-refractivity contribution in [3.05, 3.63) is 86.7 Å². The molecule has 0 spiro atoms. The Kier molecular flexibility index (Phi) is 5.59. The van der Waals surface area contributed by atoms with Gasteiger partial charge in [0.15, 0.2) is 0 Å². The summed E-state index contributed by atoms with van der Waals surface area (Å²) in [5, 5.41) is 2.63. The van der Waals surface area contributed by atoms with Crippen LogP contribution in [0.15, 0.2) is 64.3 Å². The number of amides is 1. The lowest BCUT2D eigenvalue weighted by Gasteiger charge is -2.12. The summed E-state index contributed by atoms with van der Waals surface area (Å²) in [6, 6.07) is 13.9. The number of aromatic amines is 1. The van der Waals surface area contributed by atoms with Crippen molar-refractivity contribution in [1.82, 2.24) is 9.55 Å². The van der Waals surface area contributed by atoms with Crippen LogP contribution in [-0.4, -0.2) is 29.7 Å². The van der Waals surface area contributed by atoms with Crippen molar-refractivity contribution < 1.29 is 14.3 Å². The lowest BCUT2D eigenvalue weighted by molar-refractivity contribution is 0.102. The number of carbonyl (C=O) groups is 1. The molecule has 0 atom stereocenters. The summed E-state index contributed by atoms with van der Waals surface area (Å²) in [6.07, 6.45) is 1.11. The molecule has 1 heterocycles. The maximum atomic E-state index is 12.7. The third-order valence-electron chi connectivity index (χ3n) is 4.15. The molecule has 28 heavy (non-hydrogen) atoms. The first-order valence-electron chi connectivity index (χ1n) is 8.43. The summed E-state index contributed by atoms with van der Waals surface area (Å²) in [5.41, 5.74) is -0.323. The zero-order valence-electron chi connectivity index (χ0n) is 15.4. The van der Waals surface area contributed by atoms with E-state index in [1.54, 1.807) is 42.5 Å². The van der Waals surface area contributed by atoms with E-state index in [9.17, 15) is 14.4 Å². The molecule has 0 aliphatic heterocycles. The predicted octanol–water partition coefficient (Wildman–Crippen LogP) is 1.85. The highest BCUT2D eigenvalue weighted by atomic mass is 16.5. The summed E-state index contributed by atoms with van der Waals surface area (Å²) >= 11 is 0. The van der Waals surface area contributed by atoms with Crippen LogP contribution in [-0.2, 0) is 6.54 Å². The Labute approximate surface area is 160 Å². The average Bonchev–Trinajstić information content (AvgIpc) is 2.72. The van der Waals surface area contributed by atoms with Gasteiger partial charge in [-0.2, -0.15) is 0 Å². The average molecular weight is 381 g/mol. The fourth-order valence-electron chi connectivity index (χ4n) is 2.67. The molecule has 2 N–H and O–H groups in total. The third kappa shape index (κ3) is 3.96. The summed E-state index contributed by atoms with van der Waals surface area (Å²) in [4.78, 5) is 39.9. The van der Waals surface area contributed by atoms with Gasteiger partial charge in [-0.3, -0.25) is 14.2 Å². The number of carbonyl (C=O) groups excluding carboxylic acids is 1. The van der Waals surface area contributed by atoms with Crippen molar-refractivity contribution in [3.8, 4) is 11.5 Å². The number of ether oxygens (including phenoxy) is 2. The van der Waals surface area contributed by atoms with Gasteiger partial charge in [-0.15, -0.1) is 0 Å². The maximum absolute atomic E-state index is 12.7. The summed E-state index contributed by atoms with van der Waals surface area (Å²) in [6.45, 7) is 0.0575. The fourth-order valence-corrected chi connectivity index (χ4v) is 2.67. The van der Waals surface area contributed by atoms with E-state index in [1.165, 1.54) is 14.2 Å². The molecule has 0 radical (unpaired) electrons. The number of H-pyrrole nitrogens is 1. The van der Waals surface area contributed by atoms with Crippen LogP contribution in [0.25, 0.3) is 0 Å². The van der Waals surface area contributed by atoms with Crippen molar-refractivity contribution in [2.45, 2.75) is 6.54 Å². The van der Waals surface area contributed by atoms with Crippen molar-refractivity contribution in [2.24, 2.45) is 0 Å². The normalized spacial score (nSPS) is 10.4. The van der Waals surface area contributed by atoms with Gasteiger partial charge in [0.2, 0.25) is 0 Å². The molecule has 0 aliphatic rings. The molecule has 1 aromatic heterocycles. The topological polar surface area (TPSA) is 102 Å². The van der Waals surface area contributed by atoms with Crippen molar-refractivity contribution >= 4 is 11.6 Å². The van der Waals surface area contributed by atoms with E-state index in [0.717, 1.165) is 16.3 Å². The monoisotopic (exact) mass is 381 g/mol. The number of benzene rings is 2. The summed E-state index contributed by atoms with van der Waals surface area (Å²) < 4.78 is 11.3. The van der Waals surface area contributed by atoms with Crippen LogP contribution in [0.1, 0.15) is 15.9 Å². The first kappa shape index (κ1) is 19.0. The van der Waals surface area contributed by atoms with E-state index < -0.39 is 17.2 Å². The first-order valence-corrected chi connectivity index (χ1v) is 8.43. The number of methoxy groups -OCH3 is 2. The Morgan fingerprint density at radius 1 is 1.07 bits per heavy atom. The fraction of sp³-hybridized carbons (Fsp3) is 0.150. The zero-order valence-corrected chi connectivity index (χ0v) is 15.4. The van der Waals surface area contributed by atoms with E-state index in [2.05, 4.69) is 10.3 Å². The third-order valence-corrected chi connectivity index (χ3v) is 4.15. The number of nitrogens with zero attached hydrogens (tertiary/aromatic N) is 1. The number of hydrogen-bond acceptors (Lipinski definition) is 5. The van der Waals surface area contributed by atoms with Gasteiger partial charge < -0.3 is 19.8 Å². The molecule has 0 fully saturated rings. The lowest BCUT2D eigenvalue weighted by atomic mass is 10.2. The molecule has 2 aromatic carbocycles. The van der Waals surface area contributed by atoms with Crippen molar-refractivity contribution in [2.75, 3.05) is 19.5 Å². The van der Waals surface area contributed by atoms with Gasteiger partial charge in [0.1, 0.15) is 17.1 Å². The van der Waals surface area contributed by atoms with Crippen molar-refractivity contribution in [1.29, 1.82) is 0 Å². The predicted molar refractivity (Wildman–Crippen MR) is 104 cm³/mol. The van der Waals surface area contributed by atoms with Gasteiger partial charge in [-0.25, -0.2) is 4.79 Å². The summed E-state index contributed by atoms with van der Waals surface area (Å²) in [5.74, 6) is 0.275. The smallest absolute Gasteiger partial charge is 0.328 e. The number of anilines is 1. The highest BCUT2D eigenvalue weighted by Crippen LogP contribution is 2.29. The van der Waals surface area contributed by atoms with Gasteiger partial charge in [0.05, 0.1) is 26.5 Å². The highest BCUT2D eigenvalue weighted by Gasteiger charge is 2.17. The van der Waals surface area contributed by atoms with Gasteiger partial charge in [-0.1, -0.05) is 30.3 Å². The standard InChI is InChI=1S/C20H19N3O5/c1-27-14-8-9-16(17(10-14)28-2)22-18(24)15-11-21-20(26)23(19(15)25)12-13-6-4-3-5-7-13/h3-11H,12H2,1-2H3,(H,21,26)(H,22,24). The second-order valence-electron chi connectivity index (χ2n) is 5.90. The van der Waals surface area contributed by atoms with Crippen LogP contribution in [0.5, 0.6) is 11.5 Å². The minimum absolute atomic E-state index is 0.0575.